The minimum absolute atomic E-state index is 0.0694. The van der Waals surface area contributed by atoms with Crippen LogP contribution in [-0.4, -0.2) is 42.5 Å². The van der Waals surface area contributed by atoms with Crippen molar-refractivity contribution in [1.29, 1.82) is 0 Å². The topological polar surface area (TPSA) is 87.7 Å². The largest absolute Gasteiger partial charge is 0.334 e. The van der Waals surface area contributed by atoms with Crippen molar-refractivity contribution in [2.24, 2.45) is 0 Å². The maximum Gasteiger partial charge on any atom is 0.257 e. The molecule has 0 aliphatic carbocycles. The van der Waals surface area contributed by atoms with E-state index in [9.17, 15) is 4.79 Å². The molecule has 1 N–H and O–H groups in total. The molecule has 7 heteroatoms. The maximum absolute atomic E-state index is 13.0. The second-order valence-electron chi connectivity index (χ2n) is 7.28. The van der Waals surface area contributed by atoms with E-state index in [2.05, 4.69) is 37.3 Å². The van der Waals surface area contributed by atoms with Gasteiger partial charge in [-0.25, -0.2) is 9.97 Å². The Morgan fingerprint density at radius 2 is 1.80 bits per heavy atom. The molecule has 0 unspecified atom stereocenters. The van der Waals surface area contributed by atoms with Crippen LogP contribution in [0.15, 0.2) is 67.1 Å². The number of aromatic amines is 1. The van der Waals surface area contributed by atoms with Gasteiger partial charge in [0, 0.05) is 55.8 Å². The monoisotopic (exact) mass is 396 g/mol. The first-order valence-electron chi connectivity index (χ1n) is 9.89. The fraction of sp³-hybridized carbons (Fsp3) is 0.174. The van der Waals surface area contributed by atoms with Gasteiger partial charge in [-0.1, -0.05) is 36.4 Å². The number of pyridine rings is 1. The number of hydrogen-bond donors (Lipinski definition) is 1. The molecule has 1 aliphatic heterocycles. The molecule has 1 amide bonds. The third-order valence-electron chi connectivity index (χ3n) is 5.31. The van der Waals surface area contributed by atoms with E-state index >= 15 is 0 Å². The molecule has 0 radical (unpaired) electrons. The van der Waals surface area contributed by atoms with E-state index < -0.39 is 0 Å². The lowest BCUT2D eigenvalue weighted by Gasteiger charge is -2.27. The molecule has 0 spiro atoms. The molecule has 1 aromatic carbocycles. The average molecular weight is 396 g/mol. The predicted molar refractivity (Wildman–Crippen MR) is 112 cm³/mol. The van der Waals surface area contributed by atoms with Crippen molar-refractivity contribution in [2.45, 2.75) is 19.4 Å². The van der Waals surface area contributed by atoms with E-state index in [1.165, 1.54) is 5.56 Å². The number of carbonyl (C=O) groups is 1. The summed E-state index contributed by atoms with van der Waals surface area (Å²) in [5.74, 6) is 0.438. The van der Waals surface area contributed by atoms with E-state index in [4.69, 9.17) is 0 Å². The van der Waals surface area contributed by atoms with Crippen LogP contribution in [0.3, 0.4) is 0 Å². The van der Waals surface area contributed by atoms with Crippen LogP contribution in [0.25, 0.3) is 11.5 Å². The van der Waals surface area contributed by atoms with Crippen molar-refractivity contribution in [3.05, 3.63) is 95.2 Å². The van der Waals surface area contributed by atoms with Crippen LogP contribution in [-0.2, 0) is 19.4 Å². The smallest absolute Gasteiger partial charge is 0.257 e. The highest BCUT2D eigenvalue weighted by atomic mass is 16.2. The lowest BCUT2D eigenvalue weighted by atomic mass is 10.0. The highest BCUT2D eigenvalue weighted by molar-refractivity contribution is 5.93. The summed E-state index contributed by atoms with van der Waals surface area (Å²) >= 11 is 0. The summed E-state index contributed by atoms with van der Waals surface area (Å²) in [6.45, 7) is 1.18. The Labute approximate surface area is 173 Å². The number of rotatable bonds is 4. The van der Waals surface area contributed by atoms with Gasteiger partial charge in [0.15, 0.2) is 5.82 Å². The first-order valence-corrected chi connectivity index (χ1v) is 9.89. The summed E-state index contributed by atoms with van der Waals surface area (Å²) in [6.07, 6.45) is 6.36. The maximum atomic E-state index is 13.0. The Balaban J connectivity index is 1.33. The molecule has 0 fully saturated rings. The van der Waals surface area contributed by atoms with Crippen LogP contribution in [0.2, 0.25) is 0 Å². The van der Waals surface area contributed by atoms with Gasteiger partial charge in [-0.3, -0.25) is 14.9 Å². The number of H-pyrrole nitrogens is 1. The molecule has 1 aliphatic rings. The van der Waals surface area contributed by atoms with Gasteiger partial charge in [0.1, 0.15) is 5.69 Å². The second-order valence-corrected chi connectivity index (χ2v) is 7.28. The third-order valence-corrected chi connectivity index (χ3v) is 5.31. The fourth-order valence-corrected chi connectivity index (χ4v) is 3.71. The summed E-state index contributed by atoms with van der Waals surface area (Å²) < 4.78 is 0. The number of fused-ring (bicyclic) bond motifs is 1. The molecule has 3 aromatic heterocycles. The average Bonchev–Trinajstić information content (AvgIpc) is 3.22. The van der Waals surface area contributed by atoms with Crippen molar-refractivity contribution >= 4 is 5.91 Å². The molecule has 30 heavy (non-hydrogen) atoms. The Morgan fingerprint density at radius 1 is 1.00 bits per heavy atom. The number of nitrogens with one attached hydrogen (secondary N) is 1. The van der Waals surface area contributed by atoms with Crippen LogP contribution in [0.4, 0.5) is 0 Å². The predicted octanol–water partition coefficient (Wildman–Crippen LogP) is 3.05. The molecular formula is C23H20N6O. The molecule has 7 nitrogen and oxygen atoms in total. The van der Waals surface area contributed by atoms with Crippen molar-refractivity contribution in [1.82, 2.24) is 30.0 Å². The van der Waals surface area contributed by atoms with Gasteiger partial charge in [0.2, 0.25) is 0 Å². The number of amides is 1. The number of carbonyl (C=O) groups excluding carboxylic acids is 1. The van der Waals surface area contributed by atoms with Gasteiger partial charge in [-0.05, 0) is 17.7 Å². The van der Waals surface area contributed by atoms with Crippen molar-refractivity contribution < 1.29 is 4.79 Å². The molecule has 0 atom stereocenters. The normalized spacial score (nSPS) is 13.1. The Morgan fingerprint density at radius 3 is 2.57 bits per heavy atom. The summed E-state index contributed by atoms with van der Waals surface area (Å²) in [7, 11) is 0. The van der Waals surface area contributed by atoms with E-state index in [0.717, 1.165) is 29.8 Å². The molecule has 5 rings (SSSR count). The zero-order valence-electron chi connectivity index (χ0n) is 16.3. The van der Waals surface area contributed by atoms with Gasteiger partial charge < -0.3 is 4.90 Å². The first-order chi connectivity index (χ1) is 14.8. The highest BCUT2D eigenvalue weighted by Gasteiger charge is 2.26. The Kier molecular flexibility index (Phi) is 4.77. The zero-order chi connectivity index (χ0) is 20.3. The lowest BCUT2D eigenvalue weighted by Crippen LogP contribution is -2.36. The van der Waals surface area contributed by atoms with Crippen LogP contribution in [0.5, 0.6) is 0 Å². The van der Waals surface area contributed by atoms with E-state index in [-0.39, 0.29) is 5.91 Å². The van der Waals surface area contributed by atoms with Gasteiger partial charge in [-0.15, -0.1) is 0 Å². The molecule has 148 valence electrons. The molecule has 4 heterocycles. The van der Waals surface area contributed by atoms with E-state index in [0.29, 0.717) is 30.2 Å². The fourth-order valence-electron chi connectivity index (χ4n) is 3.71. The quantitative estimate of drug-likeness (QED) is 0.573. The van der Waals surface area contributed by atoms with Crippen molar-refractivity contribution in [3.63, 3.8) is 0 Å². The van der Waals surface area contributed by atoms with Gasteiger partial charge in [0.05, 0.1) is 11.3 Å². The van der Waals surface area contributed by atoms with Crippen LogP contribution in [0.1, 0.15) is 32.9 Å². The van der Waals surface area contributed by atoms with Gasteiger partial charge in [0.25, 0.3) is 5.91 Å². The lowest BCUT2D eigenvalue weighted by molar-refractivity contribution is 0.0733. The van der Waals surface area contributed by atoms with Crippen LogP contribution >= 0.6 is 0 Å². The number of nitrogens with zero attached hydrogens (tertiary/aromatic N) is 5. The standard InChI is InChI=1S/C23H20N6O/c30-23(17-13-25-22(26-14-17)20-8-4-5-10-24-20)29-11-9-19-18(15-29)21(28-27-19)12-16-6-2-1-3-7-16/h1-8,10,13-14H,9,11-12,15H2,(H,27,28). The van der Waals surface area contributed by atoms with E-state index in [1.54, 1.807) is 18.6 Å². The van der Waals surface area contributed by atoms with Crippen molar-refractivity contribution in [3.8, 4) is 11.5 Å². The molecule has 0 saturated carbocycles. The number of aromatic nitrogens is 5. The van der Waals surface area contributed by atoms with Crippen LogP contribution < -0.4 is 0 Å². The van der Waals surface area contributed by atoms with E-state index in [1.807, 2.05) is 41.3 Å². The summed E-state index contributed by atoms with van der Waals surface area (Å²) in [5.41, 5.74) is 5.59. The highest BCUT2D eigenvalue weighted by Crippen LogP contribution is 2.24. The first kappa shape index (κ1) is 18.2. The zero-order valence-corrected chi connectivity index (χ0v) is 16.3. The molecule has 0 saturated heterocycles. The Hall–Kier alpha value is -3.87. The molecule has 4 aromatic rings. The van der Waals surface area contributed by atoms with Gasteiger partial charge in [-0.2, -0.15) is 5.10 Å². The minimum Gasteiger partial charge on any atom is -0.334 e. The molecular weight excluding hydrogens is 376 g/mol. The second kappa shape index (κ2) is 7.87. The third kappa shape index (κ3) is 3.57. The van der Waals surface area contributed by atoms with Gasteiger partial charge >= 0.3 is 0 Å². The number of benzene rings is 1. The van der Waals surface area contributed by atoms with Crippen molar-refractivity contribution in [2.75, 3.05) is 6.54 Å². The SMILES string of the molecule is O=C(c1cnc(-c2ccccn2)nc1)N1CCc2[nH]nc(Cc3ccccc3)c2C1. The minimum atomic E-state index is -0.0694. The summed E-state index contributed by atoms with van der Waals surface area (Å²) in [4.78, 5) is 27.8. The number of hydrogen-bond acceptors (Lipinski definition) is 5. The summed E-state index contributed by atoms with van der Waals surface area (Å²) in [6, 6.07) is 15.8. The van der Waals surface area contributed by atoms with Crippen LogP contribution in [0, 0.1) is 0 Å². The molecule has 0 bridgehead atoms. The Bertz CT molecular complexity index is 1160. The summed E-state index contributed by atoms with van der Waals surface area (Å²) in [5, 5.41) is 7.66.